The summed E-state index contributed by atoms with van der Waals surface area (Å²) in [6, 6.07) is 0. The van der Waals surface area contributed by atoms with Crippen molar-refractivity contribution in [2.24, 2.45) is 28.6 Å². The molecular formula is C23H34O2. The molecular weight excluding hydrogens is 308 g/mol. The molecule has 0 radical (unpaired) electrons. The van der Waals surface area contributed by atoms with E-state index in [1.165, 1.54) is 24.0 Å². The van der Waals surface area contributed by atoms with E-state index in [0.29, 0.717) is 29.3 Å². The van der Waals surface area contributed by atoms with Gasteiger partial charge in [-0.2, -0.15) is 0 Å². The summed E-state index contributed by atoms with van der Waals surface area (Å²) in [6.07, 6.45) is 11.6. The average Bonchev–Trinajstić information content (AvgIpc) is 2.90. The first-order valence-corrected chi connectivity index (χ1v) is 10.7. The van der Waals surface area contributed by atoms with Gasteiger partial charge in [-0.3, -0.25) is 9.59 Å². The Kier molecular flexibility index (Phi) is 4.24. The summed E-state index contributed by atoms with van der Waals surface area (Å²) in [6.45, 7) is 6.94. The van der Waals surface area contributed by atoms with E-state index in [1.54, 1.807) is 0 Å². The number of fused-ring (bicyclic) bond motifs is 5. The van der Waals surface area contributed by atoms with Crippen molar-refractivity contribution in [3.8, 4) is 0 Å². The number of carbonyl (C=O) groups is 2. The van der Waals surface area contributed by atoms with Crippen molar-refractivity contribution >= 4 is 11.6 Å². The molecule has 0 aromatic carbocycles. The number of Topliss-reactive ketones (excluding diaryl/α,β-unsaturated/α-hetero) is 2. The Morgan fingerprint density at radius 3 is 2.44 bits per heavy atom. The van der Waals surface area contributed by atoms with Crippen molar-refractivity contribution in [2.45, 2.75) is 91.4 Å². The minimum atomic E-state index is -0.0335. The molecule has 0 aromatic heterocycles. The Balaban J connectivity index is 1.69. The van der Waals surface area contributed by atoms with Gasteiger partial charge in [-0.1, -0.05) is 32.8 Å². The molecule has 0 aromatic rings. The van der Waals surface area contributed by atoms with Gasteiger partial charge in [0.2, 0.25) is 0 Å². The summed E-state index contributed by atoms with van der Waals surface area (Å²) in [7, 11) is 0. The first kappa shape index (κ1) is 17.5. The molecule has 0 heterocycles. The van der Waals surface area contributed by atoms with E-state index < -0.39 is 0 Å². The lowest BCUT2D eigenvalue weighted by Gasteiger charge is -2.57. The lowest BCUT2D eigenvalue weighted by atomic mass is 9.47. The number of allylic oxidation sites excluding steroid dienone is 1. The summed E-state index contributed by atoms with van der Waals surface area (Å²) >= 11 is 0. The van der Waals surface area contributed by atoms with Gasteiger partial charge in [-0.15, -0.1) is 0 Å². The van der Waals surface area contributed by atoms with Crippen molar-refractivity contribution in [1.82, 2.24) is 0 Å². The fourth-order valence-corrected chi connectivity index (χ4v) is 7.24. The molecule has 0 N–H and O–H groups in total. The van der Waals surface area contributed by atoms with Crippen LogP contribution in [0.15, 0.2) is 11.1 Å². The third-order valence-corrected chi connectivity index (χ3v) is 8.73. The van der Waals surface area contributed by atoms with E-state index in [4.69, 9.17) is 0 Å². The zero-order valence-electron chi connectivity index (χ0n) is 16.3. The monoisotopic (exact) mass is 342 g/mol. The van der Waals surface area contributed by atoms with Crippen LogP contribution in [-0.2, 0) is 9.59 Å². The van der Waals surface area contributed by atoms with E-state index in [2.05, 4.69) is 20.8 Å². The fourth-order valence-electron chi connectivity index (χ4n) is 7.24. The zero-order valence-corrected chi connectivity index (χ0v) is 16.3. The minimum absolute atomic E-state index is 0.0335. The minimum Gasteiger partial charge on any atom is -0.299 e. The van der Waals surface area contributed by atoms with Gasteiger partial charge in [-0.25, -0.2) is 0 Å². The Labute approximate surface area is 152 Å². The highest BCUT2D eigenvalue weighted by Gasteiger charge is 2.59. The molecule has 5 atom stereocenters. The van der Waals surface area contributed by atoms with Crippen molar-refractivity contribution in [2.75, 3.05) is 0 Å². The van der Waals surface area contributed by atoms with Crippen LogP contribution in [-0.4, -0.2) is 11.6 Å². The second kappa shape index (κ2) is 6.06. The molecule has 4 aliphatic carbocycles. The number of hydrogen-bond donors (Lipinski definition) is 0. The van der Waals surface area contributed by atoms with Crippen LogP contribution in [0.4, 0.5) is 0 Å². The molecule has 0 saturated heterocycles. The molecule has 4 rings (SSSR count). The van der Waals surface area contributed by atoms with Crippen LogP contribution in [0.3, 0.4) is 0 Å². The zero-order chi connectivity index (χ0) is 17.8. The summed E-state index contributed by atoms with van der Waals surface area (Å²) in [4.78, 5) is 25.2. The Morgan fingerprint density at radius 2 is 1.68 bits per heavy atom. The molecule has 0 aliphatic heterocycles. The highest BCUT2D eigenvalue weighted by atomic mass is 16.1. The van der Waals surface area contributed by atoms with Gasteiger partial charge < -0.3 is 0 Å². The van der Waals surface area contributed by atoms with Gasteiger partial charge in [-0.05, 0) is 80.1 Å². The van der Waals surface area contributed by atoms with Gasteiger partial charge in [0.05, 0.1) is 0 Å². The van der Waals surface area contributed by atoms with E-state index in [1.807, 2.05) is 0 Å². The molecule has 0 amide bonds. The topological polar surface area (TPSA) is 34.1 Å². The van der Waals surface area contributed by atoms with Crippen LogP contribution in [0, 0.1) is 28.6 Å². The Bertz CT molecular complexity index is 630. The third-order valence-electron chi connectivity index (χ3n) is 8.73. The second-order valence-electron chi connectivity index (χ2n) is 9.73. The maximum atomic E-state index is 12.6. The van der Waals surface area contributed by atoms with Crippen molar-refractivity contribution in [3.63, 3.8) is 0 Å². The predicted molar refractivity (Wildman–Crippen MR) is 100 cm³/mol. The molecule has 0 unspecified atom stereocenters. The molecule has 2 nitrogen and oxygen atoms in total. The normalized spacial score (nSPS) is 43.7. The van der Waals surface area contributed by atoms with Gasteiger partial charge in [0.1, 0.15) is 5.78 Å². The Morgan fingerprint density at radius 1 is 0.920 bits per heavy atom. The molecule has 4 aliphatic rings. The van der Waals surface area contributed by atoms with E-state index in [-0.39, 0.29) is 10.8 Å². The number of hydrogen-bond acceptors (Lipinski definition) is 2. The average molecular weight is 343 g/mol. The maximum Gasteiger partial charge on any atom is 0.158 e. The lowest BCUT2D eigenvalue weighted by Crippen LogP contribution is -2.51. The van der Waals surface area contributed by atoms with Crippen molar-refractivity contribution in [3.05, 3.63) is 11.1 Å². The van der Waals surface area contributed by atoms with E-state index in [0.717, 1.165) is 57.8 Å². The lowest BCUT2D eigenvalue weighted by molar-refractivity contribution is -0.132. The predicted octanol–water partition coefficient (Wildman–Crippen LogP) is 5.65. The first-order chi connectivity index (χ1) is 11.9. The number of ketones is 2. The van der Waals surface area contributed by atoms with Gasteiger partial charge in [0.15, 0.2) is 5.78 Å². The van der Waals surface area contributed by atoms with E-state index in [9.17, 15) is 9.59 Å². The first-order valence-electron chi connectivity index (χ1n) is 10.7. The number of rotatable bonds is 3. The van der Waals surface area contributed by atoms with Gasteiger partial charge >= 0.3 is 0 Å². The highest BCUT2D eigenvalue weighted by molar-refractivity contribution is 5.97. The number of unbranched alkanes of at least 4 members (excludes halogenated alkanes) is 1. The molecule has 3 saturated carbocycles. The van der Waals surface area contributed by atoms with Gasteiger partial charge in [0, 0.05) is 18.3 Å². The summed E-state index contributed by atoms with van der Waals surface area (Å²) in [5.74, 6) is 2.99. The SMILES string of the molecule is CCCCC1=C2CC[C@@H]3[C@H](CC[C@]4(C)C(=O)CC[C@@H]34)[C@@]2(C)CCC1=O. The quantitative estimate of drug-likeness (QED) is 0.664. The standard InChI is InChI=1S/C23H34O2/c1-4-5-6-16-18-8-7-15-17-9-10-21(25)23(17,3)13-11-19(15)22(18,2)14-12-20(16)24/h15,17,19H,4-14H2,1-3H3/t15-,17-,19-,22-,23-/m0/s1. The largest absolute Gasteiger partial charge is 0.299 e. The summed E-state index contributed by atoms with van der Waals surface area (Å²) in [5.41, 5.74) is 2.94. The highest BCUT2D eigenvalue weighted by Crippen LogP contribution is 2.65. The van der Waals surface area contributed by atoms with Crippen LogP contribution in [0.25, 0.3) is 0 Å². The molecule has 3 fully saturated rings. The van der Waals surface area contributed by atoms with Gasteiger partial charge in [0.25, 0.3) is 0 Å². The smallest absolute Gasteiger partial charge is 0.158 e. The van der Waals surface area contributed by atoms with E-state index >= 15 is 0 Å². The molecule has 2 heteroatoms. The summed E-state index contributed by atoms with van der Waals surface area (Å²) < 4.78 is 0. The third kappa shape index (κ3) is 2.42. The van der Waals surface area contributed by atoms with Crippen molar-refractivity contribution < 1.29 is 9.59 Å². The molecule has 138 valence electrons. The molecule has 25 heavy (non-hydrogen) atoms. The number of carbonyl (C=O) groups excluding carboxylic acids is 2. The second-order valence-corrected chi connectivity index (χ2v) is 9.73. The van der Waals surface area contributed by atoms with Crippen LogP contribution in [0.2, 0.25) is 0 Å². The van der Waals surface area contributed by atoms with Crippen LogP contribution in [0.5, 0.6) is 0 Å². The Hall–Kier alpha value is -0.920. The van der Waals surface area contributed by atoms with Crippen LogP contribution < -0.4 is 0 Å². The van der Waals surface area contributed by atoms with Crippen LogP contribution >= 0.6 is 0 Å². The summed E-state index contributed by atoms with van der Waals surface area (Å²) in [5, 5.41) is 0. The van der Waals surface area contributed by atoms with Crippen LogP contribution in [0.1, 0.15) is 91.4 Å². The maximum absolute atomic E-state index is 12.6. The molecule has 0 bridgehead atoms. The van der Waals surface area contributed by atoms with Crippen molar-refractivity contribution in [1.29, 1.82) is 0 Å². The fraction of sp³-hybridized carbons (Fsp3) is 0.826. The molecule has 0 spiro atoms.